The van der Waals surface area contributed by atoms with E-state index in [9.17, 15) is 9.59 Å². The number of allylic oxidation sites excluding steroid dienone is 1. The van der Waals surface area contributed by atoms with E-state index in [0.29, 0.717) is 12.2 Å². The van der Waals surface area contributed by atoms with Crippen LogP contribution in [0.4, 0.5) is 0 Å². The van der Waals surface area contributed by atoms with Crippen LogP contribution in [0.2, 0.25) is 0 Å². The van der Waals surface area contributed by atoms with Gasteiger partial charge in [0, 0.05) is 24.2 Å². The molecule has 0 aromatic heterocycles. The molecular formula is C16H25NO3. The molecule has 0 N–H and O–H groups in total. The first-order valence-electron chi connectivity index (χ1n) is 7.86. The Morgan fingerprint density at radius 1 is 1.35 bits per heavy atom. The molecule has 0 unspecified atom stereocenters. The number of hydrogen-bond acceptors (Lipinski definition) is 4. The highest BCUT2D eigenvalue weighted by Crippen LogP contribution is 2.39. The van der Waals surface area contributed by atoms with Crippen LogP contribution >= 0.6 is 0 Å². The van der Waals surface area contributed by atoms with E-state index in [2.05, 4.69) is 11.8 Å². The van der Waals surface area contributed by atoms with Crippen molar-refractivity contribution in [3.05, 3.63) is 11.3 Å². The molecule has 2 atom stereocenters. The fraction of sp³-hybridized carbons (Fsp3) is 0.750. The maximum atomic E-state index is 12.7. The molecule has 2 heterocycles. The normalized spacial score (nSPS) is 25.9. The van der Waals surface area contributed by atoms with Crippen LogP contribution in [0.3, 0.4) is 0 Å². The van der Waals surface area contributed by atoms with Gasteiger partial charge in [-0.05, 0) is 32.6 Å². The highest BCUT2D eigenvalue weighted by atomic mass is 16.5. The lowest BCUT2D eigenvalue weighted by Crippen LogP contribution is -2.47. The molecule has 2 aliphatic rings. The molecule has 4 heteroatoms. The minimum Gasteiger partial charge on any atom is -0.462 e. The molecule has 112 valence electrons. The molecule has 1 fully saturated rings. The van der Waals surface area contributed by atoms with Gasteiger partial charge in [0.15, 0.2) is 5.78 Å². The summed E-state index contributed by atoms with van der Waals surface area (Å²) < 4.78 is 5.10. The standard InChI is InChI=1S/C16H25NO3/c1-4-8-12-11(5-2)15(18)14(16(19)20-6-3)13-9-7-10-17(12)13/h11-12H,4-10H2,1-3H3/t11-,12-/m1/s1. The Balaban J connectivity index is 2.40. The molecule has 0 radical (unpaired) electrons. The van der Waals surface area contributed by atoms with E-state index in [4.69, 9.17) is 4.74 Å². The monoisotopic (exact) mass is 279 g/mol. The number of nitrogens with zero attached hydrogens (tertiary/aromatic N) is 1. The summed E-state index contributed by atoms with van der Waals surface area (Å²) in [6.45, 7) is 7.25. The molecule has 0 aliphatic carbocycles. The lowest BCUT2D eigenvalue weighted by atomic mass is 9.81. The molecule has 1 saturated heterocycles. The average Bonchev–Trinajstić information content (AvgIpc) is 2.88. The summed E-state index contributed by atoms with van der Waals surface area (Å²) in [5.74, 6) is -0.471. The van der Waals surface area contributed by atoms with Gasteiger partial charge in [-0.2, -0.15) is 0 Å². The second kappa shape index (κ2) is 6.42. The highest BCUT2D eigenvalue weighted by molar-refractivity contribution is 6.19. The fourth-order valence-electron chi connectivity index (χ4n) is 3.58. The predicted octanol–water partition coefficient (Wildman–Crippen LogP) is 2.68. The molecule has 0 spiro atoms. The molecular weight excluding hydrogens is 254 g/mol. The third-order valence-corrected chi connectivity index (χ3v) is 4.40. The van der Waals surface area contributed by atoms with Crippen molar-refractivity contribution in [3.63, 3.8) is 0 Å². The number of carbonyl (C=O) groups is 2. The van der Waals surface area contributed by atoms with Crippen LogP contribution in [0.5, 0.6) is 0 Å². The lowest BCUT2D eigenvalue weighted by molar-refractivity contribution is -0.141. The molecule has 0 aromatic carbocycles. The Morgan fingerprint density at radius 2 is 2.10 bits per heavy atom. The van der Waals surface area contributed by atoms with Gasteiger partial charge in [-0.25, -0.2) is 4.79 Å². The first-order chi connectivity index (χ1) is 9.65. The lowest BCUT2D eigenvalue weighted by Gasteiger charge is -2.40. The van der Waals surface area contributed by atoms with Crippen LogP contribution in [0.1, 0.15) is 52.9 Å². The summed E-state index contributed by atoms with van der Waals surface area (Å²) in [4.78, 5) is 27.2. The SMILES string of the molecule is CCC[C@@H]1[C@@H](CC)C(=O)C(C(=O)OCC)=C2CCCN21. The summed E-state index contributed by atoms with van der Waals surface area (Å²) in [7, 11) is 0. The van der Waals surface area contributed by atoms with Crippen molar-refractivity contribution in [1.82, 2.24) is 4.90 Å². The van der Waals surface area contributed by atoms with Crippen molar-refractivity contribution in [2.45, 2.75) is 58.9 Å². The van der Waals surface area contributed by atoms with Crippen molar-refractivity contribution in [3.8, 4) is 0 Å². The Bertz CT molecular complexity index is 427. The van der Waals surface area contributed by atoms with E-state index in [1.54, 1.807) is 6.92 Å². The number of hydrogen-bond donors (Lipinski definition) is 0. The van der Waals surface area contributed by atoms with Gasteiger partial charge in [0.05, 0.1) is 6.61 Å². The quantitative estimate of drug-likeness (QED) is 0.573. The molecule has 2 rings (SSSR count). The zero-order chi connectivity index (χ0) is 14.7. The van der Waals surface area contributed by atoms with E-state index in [-0.39, 0.29) is 17.7 Å². The number of ether oxygens (including phenoxy) is 1. The average molecular weight is 279 g/mol. The van der Waals surface area contributed by atoms with Crippen molar-refractivity contribution >= 4 is 11.8 Å². The summed E-state index contributed by atoms with van der Waals surface area (Å²) in [5.41, 5.74) is 1.28. The van der Waals surface area contributed by atoms with Gasteiger partial charge in [-0.1, -0.05) is 20.3 Å². The van der Waals surface area contributed by atoms with E-state index in [1.165, 1.54) is 0 Å². The number of fused-ring (bicyclic) bond motifs is 1. The van der Waals surface area contributed by atoms with Crippen LogP contribution < -0.4 is 0 Å². The predicted molar refractivity (Wildman–Crippen MR) is 77.1 cm³/mol. The Labute approximate surface area is 121 Å². The minimum atomic E-state index is -0.423. The van der Waals surface area contributed by atoms with Crippen molar-refractivity contribution in [2.24, 2.45) is 5.92 Å². The minimum absolute atomic E-state index is 0.0116. The number of carbonyl (C=O) groups excluding carboxylic acids is 2. The third-order valence-electron chi connectivity index (χ3n) is 4.40. The van der Waals surface area contributed by atoms with Gasteiger partial charge >= 0.3 is 5.97 Å². The topological polar surface area (TPSA) is 46.6 Å². The second-order valence-corrected chi connectivity index (χ2v) is 5.57. The zero-order valence-electron chi connectivity index (χ0n) is 12.8. The van der Waals surface area contributed by atoms with E-state index >= 15 is 0 Å². The maximum absolute atomic E-state index is 12.7. The Morgan fingerprint density at radius 3 is 2.70 bits per heavy atom. The Kier molecular flexibility index (Phi) is 4.84. The second-order valence-electron chi connectivity index (χ2n) is 5.57. The van der Waals surface area contributed by atoms with Gasteiger partial charge in [-0.3, -0.25) is 4.79 Å². The van der Waals surface area contributed by atoms with Crippen LogP contribution in [0.25, 0.3) is 0 Å². The summed E-state index contributed by atoms with van der Waals surface area (Å²) in [5, 5.41) is 0. The third kappa shape index (κ3) is 2.48. The fourth-order valence-corrected chi connectivity index (χ4v) is 3.58. The number of rotatable bonds is 5. The van der Waals surface area contributed by atoms with Crippen molar-refractivity contribution in [2.75, 3.05) is 13.2 Å². The van der Waals surface area contributed by atoms with Crippen LogP contribution in [0.15, 0.2) is 11.3 Å². The summed E-state index contributed by atoms with van der Waals surface area (Å²) in [6.07, 6.45) is 4.73. The smallest absolute Gasteiger partial charge is 0.343 e. The van der Waals surface area contributed by atoms with Gasteiger partial charge in [0.25, 0.3) is 0 Å². The Hall–Kier alpha value is -1.32. The van der Waals surface area contributed by atoms with Crippen molar-refractivity contribution < 1.29 is 14.3 Å². The first kappa shape index (κ1) is 15.1. The zero-order valence-corrected chi connectivity index (χ0v) is 12.8. The van der Waals surface area contributed by atoms with Gasteiger partial charge in [0.1, 0.15) is 5.57 Å². The van der Waals surface area contributed by atoms with E-state index < -0.39 is 5.97 Å². The number of Topliss-reactive ketones (excluding diaryl/α,β-unsaturated/α-hetero) is 1. The van der Waals surface area contributed by atoms with Crippen LogP contribution in [-0.4, -0.2) is 35.8 Å². The first-order valence-corrected chi connectivity index (χ1v) is 7.86. The van der Waals surface area contributed by atoms with Crippen LogP contribution in [0, 0.1) is 5.92 Å². The van der Waals surface area contributed by atoms with Crippen LogP contribution in [-0.2, 0) is 14.3 Å². The van der Waals surface area contributed by atoms with Gasteiger partial charge in [-0.15, -0.1) is 0 Å². The molecule has 0 bridgehead atoms. The highest BCUT2D eigenvalue weighted by Gasteiger charge is 2.44. The maximum Gasteiger partial charge on any atom is 0.343 e. The van der Waals surface area contributed by atoms with Gasteiger partial charge < -0.3 is 9.64 Å². The summed E-state index contributed by atoms with van der Waals surface area (Å²) in [6, 6.07) is 0.271. The number of esters is 1. The molecule has 20 heavy (non-hydrogen) atoms. The number of ketones is 1. The largest absolute Gasteiger partial charge is 0.462 e. The molecule has 0 amide bonds. The molecule has 2 aliphatic heterocycles. The van der Waals surface area contributed by atoms with Gasteiger partial charge in [0.2, 0.25) is 0 Å². The molecule has 4 nitrogen and oxygen atoms in total. The van der Waals surface area contributed by atoms with Crippen molar-refractivity contribution in [1.29, 1.82) is 0 Å². The van der Waals surface area contributed by atoms with E-state index in [0.717, 1.165) is 44.3 Å². The summed E-state index contributed by atoms with van der Waals surface area (Å²) >= 11 is 0. The molecule has 0 aromatic rings. The molecule has 0 saturated carbocycles. The van der Waals surface area contributed by atoms with E-state index in [1.807, 2.05) is 6.92 Å².